The minimum Gasteiger partial charge on any atom is -0.258 e. The van der Waals surface area contributed by atoms with Crippen LogP contribution in [-0.4, -0.2) is 14.9 Å². The van der Waals surface area contributed by atoms with Gasteiger partial charge in [0.1, 0.15) is 0 Å². The van der Waals surface area contributed by atoms with Gasteiger partial charge in [-0.15, -0.1) is 0 Å². The van der Waals surface area contributed by atoms with Gasteiger partial charge in [0.15, 0.2) is 5.03 Å². The Morgan fingerprint density at radius 2 is 1.64 bits per heavy atom. The van der Waals surface area contributed by atoms with Crippen LogP contribution in [0.4, 0.5) is 5.69 Å². The van der Waals surface area contributed by atoms with E-state index in [0.717, 1.165) is 27.4 Å². The lowest BCUT2D eigenvalue weighted by Gasteiger charge is -2.09. The van der Waals surface area contributed by atoms with Crippen LogP contribution in [0.1, 0.15) is 5.69 Å². The Morgan fingerprint density at radius 1 is 0.920 bits per heavy atom. The van der Waals surface area contributed by atoms with Crippen LogP contribution in [-0.2, 0) is 5.75 Å². The standard InChI is InChI=1S/C19H13N3O2S/c23-22(24)18-10-5-11-20-19(18)25-12-17-15-8-2-1-6-13(15)14-7-3-4-9-16(14)21-17/h1-11H,12H2. The zero-order valence-corrected chi connectivity index (χ0v) is 13.9. The summed E-state index contributed by atoms with van der Waals surface area (Å²) < 4.78 is 0. The van der Waals surface area contributed by atoms with Crippen LogP contribution < -0.4 is 0 Å². The second-order valence-electron chi connectivity index (χ2n) is 5.49. The molecule has 25 heavy (non-hydrogen) atoms. The van der Waals surface area contributed by atoms with Crippen molar-refractivity contribution in [1.29, 1.82) is 0 Å². The molecule has 0 aliphatic heterocycles. The van der Waals surface area contributed by atoms with Crippen molar-refractivity contribution in [3.8, 4) is 0 Å². The molecule has 2 heterocycles. The Balaban J connectivity index is 1.78. The molecule has 0 unspecified atom stereocenters. The predicted molar refractivity (Wildman–Crippen MR) is 99.7 cm³/mol. The van der Waals surface area contributed by atoms with Crippen molar-refractivity contribution in [2.24, 2.45) is 0 Å². The third kappa shape index (κ3) is 2.92. The van der Waals surface area contributed by atoms with E-state index in [1.54, 1.807) is 12.3 Å². The first kappa shape index (κ1) is 15.5. The third-order valence-electron chi connectivity index (χ3n) is 3.98. The molecule has 4 aromatic rings. The number of aromatic nitrogens is 2. The lowest BCUT2D eigenvalue weighted by Crippen LogP contribution is -1.95. The van der Waals surface area contributed by atoms with E-state index in [1.165, 1.54) is 17.8 Å². The number of para-hydroxylation sites is 1. The molecule has 2 aromatic heterocycles. The first-order valence-electron chi connectivity index (χ1n) is 7.72. The van der Waals surface area contributed by atoms with Crippen molar-refractivity contribution in [2.75, 3.05) is 0 Å². The summed E-state index contributed by atoms with van der Waals surface area (Å²) in [4.78, 5) is 19.7. The number of thioether (sulfide) groups is 1. The molecule has 122 valence electrons. The highest BCUT2D eigenvalue weighted by Crippen LogP contribution is 2.32. The number of fused-ring (bicyclic) bond motifs is 3. The normalized spacial score (nSPS) is 11.0. The number of nitro groups is 1. The highest BCUT2D eigenvalue weighted by Gasteiger charge is 2.16. The topological polar surface area (TPSA) is 68.9 Å². The average Bonchev–Trinajstić information content (AvgIpc) is 2.66. The molecule has 0 atom stereocenters. The molecule has 5 nitrogen and oxygen atoms in total. The van der Waals surface area contributed by atoms with Gasteiger partial charge in [0.2, 0.25) is 0 Å². The summed E-state index contributed by atoms with van der Waals surface area (Å²) in [7, 11) is 0. The molecular formula is C19H13N3O2S. The second-order valence-corrected chi connectivity index (χ2v) is 6.46. The number of hydrogen-bond donors (Lipinski definition) is 0. The van der Waals surface area contributed by atoms with Gasteiger partial charge < -0.3 is 0 Å². The Labute approximate surface area is 147 Å². The fraction of sp³-hybridized carbons (Fsp3) is 0.0526. The molecule has 0 saturated carbocycles. The van der Waals surface area contributed by atoms with Gasteiger partial charge in [-0.2, -0.15) is 0 Å². The molecular weight excluding hydrogens is 334 g/mol. The quantitative estimate of drug-likeness (QED) is 0.225. The zero-order valence-electron chi connectivity index (χ0n) is 13.1. The Hall–Kier alpha value is -2.99. The van der Waals surface area contributed by atoms with E-state index >= 15 is 0 Å². The van der Waals surface area contributed by atoms with Gasteiger partial charge in [0, 0.05) is 28.8 Å². The van der Waals surface area contributed by atoms with E-state index in [4.69, 9.17) is 4.98 Å². The van der Waals surface area contributed by atoms with Crippen LogP contribution in [0.25, 0.3) is 21.7 Å². The minimum absolute atomic E-state index is 0.0256. The fourth-order valence-electron chi connectivity index (χ4n) is 2.85. The van der Waals surface area contributed by atoms with E-state index < -0.39 is 4.92 Å². The third-order valence-corrected chi connectivity index (χ3v) is 4.99. The van der Waals surface area contributed by atoms with Crippen molar-refractivity contribution >= 4 is 39.1 Å². The monoisotopic (exact) mass is 347 g/mol. The maximum Gasteiger partial charge on any atom is 0.301 e. The lowest BCUT2D eigenvalue weighted by molar-refractivity contribution is -0.388. The molecule has 0 fully saturated rings. The van der Waals surface area contributed by atoms with Gasteiger partial charge in [0.05, 0.1) is 16.1 Å². The van der Waals surface area contributed by atoms with Gasteiger partial charge in [-0.25, -0.2) is 4.98 Å². The van der Waals surface area contributed by atoms with Crippen molar-refractivity contribution < 1.29 is 4.92 Å². The maximum absolute atomic E-state index is 11.2. The van der Waals surface area contributed by atoms with E-state index in [-0.39, 0.29) is 5.69 Å². The van der Waals surface area contributed by atoms with E-state index in [9.17, 15) is 10.1 Å². The highest BCUT2D eigenvalue weighted by molar-refractivity contribution is 7.98. The predicted octanol–water partition coefficient (Wildman–Crippen LogP) is 4.98. The van der Waals surface area contributed by atoms with E-state index in [0.29, 0.717) is 10.8 Å². The summed E-state index contributed by atoms with van der Waals surface area (Å²) in [6, 6.07) is 19.2. The summed E-state index contributed by atoms with van der Waals surface area (Å²) in [5.74, 6) is 0.517. The minimum atomic E-state index is -0.402. The number of rotatable bonds is 4. The molecule has 0 N–H and O–H groups in total. The molecule has 4 rings (SSSR count). The lowest BCUT2D eigenvalue weighted by atomic mass is 10.0. The second kappa shape index (κ2) is 6.49. The van der Waals surface area contributed by atoms with Gasteiger partial charge in [-0.3, -0.25) is 15.1 Å². The van der Waals surface area contributed by atoms with Crippen molar-refractivity contribution in [2.45, 2.75) is 10.8 Å². The summed E-state index contributed by atoms with van der Waals surface area (Å²) in [6.45, 7) is 0. The fourth-order valence-corrected chi connectivity index (χ4v) is 3.77. The molecule has 6 heteroatoms. The van der Waals surface area contributed by atoms with Gasteiger partial charge in [-0.05, 0) is 17.5 Å². The first-order chi connectivity index (χ1) is 12.2. The van der Waals surface area contributed by atoms with Crippen molar-refractivity contribution in [3.63, 3.8) is 0 Å². The largest absolute Gasteiger partial charge is 0.301 e. The molecule has 0 aliphatic rings. The molecule has 0 spiro atoms. The van der Waals surface area contributed by atoms with Crippen molar-refractivity contribution in [3.05, 3.63) is 82.7 Å². The van der Waals surface area contributed by atoms with Crippen LogP contribution in [0, 0.1) is 10.1 Å². The van der Waals surface area contributed by atoms with Crippen LogP contribution in [0.5, 0.6) is 0 Å². The molecule has 0 radical (unpaired) electrons. The highest BCUT2D eigenvalue weighted by atomic mass is 32.2. The molecule has 2 aromatic carbocycles. The van der Waals surface area contributed by atoms with Crippen LogP contribution in [0.2, 0.25) is 0 Å². The number of nitrogens with zero attached hydrogens (tertiary/aromatic N) is 3. The summed E-state index contributed by atoms with van der Waals surface area (Å²) in [5, 5.41) is 14.9. The van der Waals surface area contributed by atoms with Crippen LogP contribution >= 0.6 is 11.8 Å². The van der Waals surface area contributed by atoms with Gasteiger partial charge in [0.25, 0.3) is 0 Å². The van der Waals surface area contributed by atoms with Crippen LogP contribution in [0.3, 0.4) is 0 Å². The van der Waals surface area contributed by atoms with Crippen molar-refractivity contribution in [1.82, 2.24) is 9.97 Å². The Bertz CT molecular complexity index is 1100. The average molecular weight is 347 g/mol. The maximum atomic E-state index is 11.2. The zero-order chi connectivity index (χ0) is 17.2. The van der Waals surface area contributed by atoms with Crippen LogP contribution in [0.15, 0.2) is 71.9 Å². The van der Waals surface area contributed by atoms with Gasteiger partial charge in [-0.1, -0.05) is 54.2 Å². The number of pyridine rings is 2. The summed E-state index contributed by atoms with van der Waals surface area (Å²) in [6.07, 6.45) is 1.57. The Kier molecular flexibility index (Phi) is 4.03. The molecule has 0 saturated heterocycles. The van der Waals surface area contributed by atoms with Gasteiger partial charge >= 0.3 is 5.69 Å². The van der Waals surface area contributed by atoms with E-state index in [1.807, 2.05) is 36.4 Å². The van der Waals surface area contributed by atoms with E-state index in [2.05, 4.69) is 17.1 Å². The molecule has 0 bridgehead atoms. The molecule has 0 aliphatic carbocycles. The Morgan fingerprint density at radius 3 is 2.44 bits per heavy atom. The summed E-state index contributed by atoms with van der Waals surface area (Å²) >= 11 is 1.34. The first-order valence-corrected chi connectivity index (χ1v) is 8.71. The SMILES string of the molecule is O=[N+]([O-])c1cccnc1SCc1nc2ccccc2c2ccccc12. The molecule has 0 amide bonds. The summed E-state index contributed by atoms with van der Waals surface area (Å²) in [5.41, 5.74) is 1.85. The smallest absolute Gasteiger partial charge is 0.258 e. The number of benzene rings is 2. The number of hydrogen-bond acceptors (Lipinski definition) is 5.